The molecule has 49 heavy (non-hydrogen) atoms. The van der Waals surface area contributed by atoms with Crippen molar-refractivity contribution in [1.82, 2.24) is 0 Å². The maximum atomic E-state index is 15.2. The molecule has 1 aromatic rings. The van der Waals surface area contributed by atoms with E-state index in [1.165, 1.54) is 25.5 Å². The third-order valence-electron chi connectivity index (χ3n) is 10.7. The number of esters is 1. The first-order valence-electron chi connectivity index (χ1n) is 17.0. The molecule has 3 aliphatic heterocycles. The van der Waals surface area contributed by atoms with Gasteiger partial charge in [-0.3, -0.25) is 14.4 Å². The van der Waals surface area contributed by atoms with Crippen LogP contribution >= 0.6 is 0 Å². The van der Waals surface area contributed by atoms with Crippen molar-refractivity contribution < 1.29 is 43.2 Å². The molecule has 4 bridgehead atoms. The number of rotatable bonds is 9. The van der Waals surface area contributed by atoms with E-state index in [2.05, 4.69) is 6.08 Å². The maximum Gasteiger partial charge on any atom is 0.330 e. The minimum atomic E-state index is -1.66. The molecule has 260 valence electrons. The molecule has 0 aromatic heterocycles. The lowest BCUT2D eigenvalue weighted by atomic mass is 9.51. The van der Waals surface area contributed by atoms with Gasteiger partial charge in [-0.25, -0.2) is 4.79 Å². The second-order valence-corrected chi connectivity index (χ2v) is 15.3. The highest BCUT2D eigenvalue weighted by atomic mass is 16.6. The van der Waals surface area contributed by atoms with E-state index in [1.807, 2.05) is 66.7 Å². The lowest BCUT2D eigenvalue weighted by Gasteiger charge is -2.56. The molecule has 1 aromatic carbocycles. The normalized spacial score (nSPS) is 29.9. The summed E-state index contributed by atoms with van der Waals surface area (Å²) in [5, 5.41) is 9.70. The van der Waals surface area contributed by atoms with E-state index in [1.54, 1.807) is 6.08 Å². The summed E-state index contributed by atoms with van der Waals surface area (Å²) in [5.41, 5.74) is -1.14. The quantitative estimate of drug-likeness (QED) is 0.123. The van der Waals surface area contributed by atoms with E-state index in [4.69, 9.17) is 18.9 Å². The third kappa shape index (κ3) is 5.23. The zero-order valence-corrected chi connectivity index (χ0v) is 29.9. The van der Waals surface area contributed by atoms with E-state index in [-0.39, 0.29) is 52.8 Å². The topological polar surface area (TPSA) is 125 Å². The monoisotopic (exact) mass is 670 g/mol. The molecule has 3 heterocycles. The molecule has 5 atom stereocenters. The predicted octanol–water partition coefficient (Wildman–Crippen LogP) is 7.46. The molecule has 6 aliphatic rings. The summed E-state index contributed by atoms with van der Waals surface area (Å²) in [5.74, 6) is -2.56. The van der Waals surface area contributed by atoms with Gasteiger partial charge in [-0.05, 0) is 93.2 Å². The second-order valence-electron chi connectivity index (χ2n) is 15.3. The van der Waals surface area contributed by atoms with Gasteiger partial charge in [0.2, 0.25) is 0 Å². The Balaban J connectivity index is 1.64. The minimum absolute atomic E-state index is 0.0565. The number of hydrogen-bond donors (Lipinski definition) is 1. The van der Waals surface area contributed by atoms with Crippen LogP contribution in [0.5, 0.6) is 17.2 Å². The van der Waals surface area contributed by atoms with Crippen LogP contribution < -0.4 is 14.2 Å². The maximum absolute atomic E-state index is 15.2. The smallest absolute Gasteiger partial charge is 0.330 e. The van der Waals surface area contributed by atoms with Gasteiger partial charge < -0.3 is 24.1 Å². The van der Waals surface area contributed by atoms with Crippen LogP contribution in [-0.4, -0.2) is 51.0 Å². The number of fused-ring (bicyclic) bond motifs is 3. The number of carbonyl (C=O) groups excluding carboxylic acids is 3. The number of aliphatic carboxylic acids is 1. The third-order valence-corrected chi connectivity index (χ3v) is 10.7. The summed E-state index contributed by atoms with van der Waals surface area (Å²) in [6.45, 7) is 16.5. The van der Waals surface area contributed by atoms with E-state index in [0.29, 0.717) is 29.5 Å². The van der Waals surface area contributed by atoms with Crippen molar-refractivity contribution in [2.45, 2.75) is 117 Å². The highest BCUT2D eigenvalue weighted by Crippen LogP contribution is 2.68. The number of benzene rings is 1. The highest BCUT2D eigenvalue weighted by molar-refractivity contribution is 6.19. The molecule has 1 saturated heterocycles. The standard InChI is InChI=1S/C40H46O9/c1-21(2)11-10-16-38(9)17-15-27-32(46-24(6)41)26(13-12-22(3)4)34-30(33(27)47-38)31(42)28-19-25-20-29-37(7,8)49-39(35(25)43,40(28,29)48-34)18-14-23(5)36(44)45/h11-12,14-15,17,19,25,29H,10,13,16,18,20H2,1-9H3,(H,44,45)/b23-14+/t25?,29?,38?,39?,40-/m0/s1. The molecule has 7 rings (SSSR count). The number of carbonyl (C=O) groups is 4. The fraction of sp³-hybridized carbons (Fsp3) is 0.500. The van der Waals surface area contributed by atoms with Crippen molar-refractivity contribution in [2.24, 2.45) is 11.8 Å². The molecule has 9 heteroatoms. The zero-order chi connectivity index (χ0) is 35.8. The Morgan fingerprint density at radius 2 is 1.67 bits per heavy atom. The molecule has 1 N–H and O–H groups in total. The SMILES string of the molecule is CC(=O)Oc1c2c(c3c(c1CC=C(C)C)O[C@@]14C(=CC5CC1C(C)(C)OC4(C/C=C(\C)C(=O)O)C5=O)C3=O)OC(C)(CCC=C(C)C)C=C2. The van der Waals surface area contributed by atoms with Gasteiger partial charge in [-0.2, -0.15) is 0 Å². The Kier molecular flexibility index (Phi) is 8.25. The fourth-order valence-corrected chi connectivity index (χ4v) is 8.41. The van der Waals surface area contributed by atoms with Gasteiger partial charge >= 0.3 is 11.9 Å². The zero-order valence-electron chi connectivity index (χ0n) is 29.9. The van der Waals surface area contributed by atoms with Crippen molar-refractivity contribution in [1.29, 1.82) is 0 Å². The number of ketones is 2. The van der Waals surface area contributed by atoms with Crippen LogP contribution in [0.25, 0.3) is 6.08 Å². The van der Waals surface area contributed by atoms with Crippen LogP contribution in [0.1, 0.15) is 109 Å². The number of Topliss-reactive ketones (excluding diaryl/α,β-unsaturated/α-hetero) is 2. The van der Waals surface area contributed by atoms with Gasteiger partial charge in [-0.1, -0.05) is 35.5 Å². The molecule has 0 radical (unpaired) electrons. The van der Waals surface area contributed by atoms with E-state index in [9.17, 15) is 19.5 Å². The summed E-state index contributed by atoms with van der Waals surface area (Å²) in [6, 6.07) is 0. The predicted molar refractivity (Wildman–Crippen MR) is 184 cm³/mol. The van der Waals surface area contributed by atoms with E-state index >= 15 is 4.79 Å². The Morgan fingerprint density at radius 1 is 0.980 bits per heavy atom. The van der Waals surface area contributed by atoms with Crippen LogP contribution in [0.3, 0.4) is 0 Å². The Labute approximate surface area is 287 Å². The van der Waals surface area contributed by atoms with E-state index in [0.717, 1.165) is 12.0 Å². The molecular weight excluding hydrogens is 624 g/mol. The summed E-state index contributed by atoms with van der Waals surface area (Å²) in [4.78, 5) is 54.2. The first-order chi connectivity index (χ1) is 22.9. The van der Waals surface area contributed by atoms with Crippen molar-refractivity contribution in [3.63, 3.8) is 0 Å². The fourth-order valence-electron chi connectivity index (χ4n) is 8.41. The lowest BCUT2D eigenvalue weighted by Crippen LogP contribution is -2.72. The Hall–Kier alpha value is -4.24. The molecule has 1 saturated carbocycles. The molecular formula is C40H46O9. The van der Waals surface area contributed by atoms with Crippen molar-refractivity contribution >= 4 is 29.6 Å². The molecule has 4 unspecified atom stereocenters. The summed E-state index contributed by atoms with van der Waals surface area (Å²) in [6.07, 6.45) is 13.1. The highest BCUT2D eigenvalue weighted by Gasteiger charge is 2.81. The summed E-state index contributed by atoms with van der Waals surface area (Å²) in [7, 11) is 0. The largest absolute Gasteiger partial charge is 0.482 e. The van der Waals surface area contributed by atoms with Crippen LogP contribution in [0.2, 0.25) is 0 Å². The van der Waals surface area contributed by atoms with Gasteiger partial charge in [0.15, 0.2) is 22.8 Å². The number of hydrogen-bond acceptors (Lipinski definition) is 8. The van der Waals surface area contributed by atoms with Gasteiger partial charge in [0.05, 0.1) is 11.2 Å². The number of carboxylic acid groups (broad SMARTS) is 1. The molecule has 0 amide bonds. The van der Waals surface area contributed by atoms with Gasteiger partial charge in [0.25, 0.3) is 0 Å². The lowest BCUT2D eigenvalue weighted by molar-refractivity contribution is -0.171. The van der Waals surface area contributed by atoms with Gasteiger partial charge in [-0.15, -0.1) is 0 Å². The Bertz CT molecular complexity index is 1840. The first-order valence-corrected chi connectivity index (χ1v) is 17.0. The molecule has 2 fully saturated rings. The number of ether oxygens (including phenoxy) is 4. The Morgan fingerprint density at radius 3 is 2.31 bits per heavy atom. The van der Waals surface area contributed by atoms with Gasteiger partial charge in [0.1, 0.15) is 28.4 Å². The minimum Gasteiger partial charge on any atom is -0.482 e. The van der Waals surface area contributed by atoms with Crippen LogP contribution in [-0.2, 0) is 25.5 Å². The first kappa shape index (κ1) is 34.6. The van der Waals surface area contributed by atoms with E-state index < -0.39 is 46.2 Å². The molecule has 3 aliphatic carbocycles. The van der Waals surface area contributed by atoms with Gasteiger partial charge in [0, 0.05) is 41.9 Å². The van der Waals surface area contributed by atoms with Crippen LogP contribution in [0.15, 0.2) is 52.7 Å². The second kappa shape index (κ2) is 11.7. The number of carboxylic acids is 1. The summed E-state index contributed by atoms with van der Waals surface area (Å²) >= 11 is 0. The molecule has 1 spiro atoms. The summed E-state index contributed by atoms with van der Waals surface area (Å²) < 4.78 is 26.7. The van der Waals surface area contributed by atoms with Crippen LogP contribution in [0.4, 0.5) is 0 Å². The molecule has 9 nitrogen and oxygen atoms in total. The van der Waals surface area contributed by atoms with Crippen molar-refractivity contribution in [3.05, 3.63) is 69.4 Å². The van der Waals surface area contributed by atoms with Crippen LogP contribution in [0, 0.1) is 11.8 Å². The number of allylic oxidation sites excluding steroid dienone is 5. The average Bonchev–Trinajstić information content (AvgIpc) is 3.15. The average molecular weight is 671 g/mol. The van der Waals surface area contributed by atoms with Crippen molar-refractivity contribution in [2.75, 3.05) is 0 Å². The van der Waals surface area contributed by atoms with Crippen molar-refractivity contribution in [3.8, 4) is 17.2 Å².